The number of hydrogen-bond donors (Lipinski definition) is 0. The zero-order valence-corrected chi connectivity index (χ0v) is 7.99. The maximum absolute atomic E-state index is 5.62. The molecule has 0 spiro atoms. The lowest BCUT2D eigenvalue weighted by Gasteiger charge is -1.95. The van der Waals surface area contributed by atoms with Crippen LogP contribution in [0.2, 0.25) is 0 Å². The third-order valence-electron chi connectivity index (χ3n) is 2.54. The van der Waals surface area contributed by atoms with Crippen molar-refractivity contribution in [3.8, 4) is 5.75 Å². The van der Waals surface area contributed by atoms with Gasteiger partial charge in [-0.1, -0.05) is 0 Å². The van der Waals surface area contributed by atoms with E-state index in [4.69, 9.17) is 9.15 Å². The molecule has 14 heavy (non-hydrogen) atoms. The van der Waals surface area contributed by atoms with Crippen LogP contribution < -0.4 is 4.74 Å². The molecule has 72 valence electrons. The van der Waals surface area contributed by atoms with E-state index in [2.05, 4.69) is 4.98 Å². The van der Waals surface area contributed by atoms with Gasteiger partial charge in [0, 0.05) is 12.0 Å². The lowest BCUT2D eigenvalue weighted by atomic mass is 10.3. The summed E-state index contributed by atoms with van der Waals surface area (Å²) >= 11 is 0. The molecule has 0 bridgehead atoms. The highest BCUT2D eigenvalue weighted by atomic mass is 16.5. The minimum Gasteiger partial charge on any atom is -0.497 e. The van der Waals surface area contributed by atoms with Crippen molar-refractivity contribution < 1.29 is 9.15 Å². The fourth-order valence-electron chi connectivity index (χ4n) is 1.56. The van der Waals surface area contributed by atoms with Crippen LogP contribution in [0.1, 0.15) is 24.7 Å². The Morgan fingerprint density at radius 1 is 1.43 bits per heavy atom. The van der Waals surface area contributed by atoms with E-state index in [1.807, 2.05) is 18.2 Å². The molecule has 3 heteroatoms. The Balaban J connectivity index is 2.12. The smallest absolute Gasteiger partial charge is 0.198 e. The van der Waals surface area contributed by atoms with Crippen LogP contribution in [0.3, 0.4) is 0 Å². The third kappa shape index (κ3) is 1.16. The molecule has 0 radical (unpaired) electrons. The molecular formula is C11H11NO2. The molecule has 1 aliphatic carbocycles. The maximum atomic E-state index is 5.62. The van der Waals surface area contributed by atoms with Gasteiger partial charge in [0.1, 0.15) is 11.3 Å². The number of rotatable bonds is 2. The van der Waals surface area contributed by atoms with Gasteiger partial charge in [-0.05, 0) is 25.0 Å². The average molecular weight is 189 g/mol. The lowest BCUT2D eigenvalue weighted by molar-refractivity contribution is 0.415. The summed E-state index contributed by atoms with van der Waals surface area (Å²) < 4.78 is 10.8. The van der Waals surface area contributed by atoms with Gasteiger partial charge in [0.2, 0.25) is 0 Å². The summed E-state index contributed by atoms with van der Waals surface area (Å²) in [6, 6.07) is 5.71. The van der Waals surface area contributed by atoms with Gasteiger partial charge in [0.15, 0.2) is 11.5 Å². The first-order chi connectivity index (χ1) is 6.86. The number of hydrogen-bond acceptors (Lipinski definition) is 3. The highest BCUT2D eigenvalue weighted by molar-refractivity contribution is 5.74. The van der Waals surface area contributed by atoms with E-state index in [1.54, 1.807) is 7.11 Å². The second-order valence-corrected chi connectivity index (χ2v) is 3.66. The molecule has 3 rings (SSSR count). The van der Waals surface area contributed by atoms with Crippen LogP contribution >= 0.6 is 0 Å². The second kappa shape index (κ2) is 2.74. The predicted octanol–water partition coefficient (Wildman–Crippen LogP) is 2.71. The normalized spacial score (nSPS) is 16.1. The van der Waals surface area contributed by atoms with Crippen molar-refractivity contribution in [3.05, 3.63) is 24.1 Å². The van der Waals surface area contributed by atoms with Crippen LogP contribution in [0.5, 0.6) is 5.75 Å². The van der Waals surface area contributed by atoms with Gasteiger partial charge in [-0.15, -0.1) is 0 Å². The second-order valence-electron chi connectivity index (χ2n) is 3.66. The number of fused-ring (bicyclic) bond motifs is 1. The van der Waals surface area contributed by atoms with E-state index in [-0.39, 0.29) is 0 Å². The van der Waals surface area contributed by atoms with Crippen molar-refractivity contribution in [1.82, 2.24) is 4.98 Å². The lowest BCUT2D eigenvalue weighted by Crippen LogP contribution is -1.81. The molecule has 2 aromatic rings. The number of ether oxygens (including phenoxy) is 1. The summed E-state index contributed by atoms with van der Waals surface area (Å²) in [4.78, 5) is 4.44. The monoisotopic (exact) mass is 189 g/mol. The quantitative estimate of drug-likeness (QED) is 0.728. The molecular weight excluding hydrogens is 178 g/mol. The molecule has 1 saturated carbocycles. The summed E-state index contributed by atoms with van der Waals surface area (Å²) in [5.74, 6) is 2.27. The van der Waals surface area contributed by atoms with Crippen LogP contribution in [0.25, 0.3) is 11.1 Å². The number of nitrogens with zero attached hydrogens (tertiary/aromatic N) is 1. The minimum absolute atomic E-state index is 0.563. The number of benzene rings is 1. The zero-order valence-electron chi connectivity index (χ0n) is 7.99. The highest BCUT2D eigenvalue weighted by Gasteiger charge is 2.28. The van der Waals surface area contributed by atoms with Crippen molar-refractivity contribution in [2.75, 3.05) is 7.11 Å². The van der Waals surface area contributed by atoms with Crippen LogP contribution in [-0.4, -0.2) is 12.1 Å². The highest BCUT2D eigenvalue weighted by Crippen LogP contribution is 2.40. The van der Waals surface area contributed by atoms with Gasteiger partial charge in [0.25, 0.3) is 0 Å². The summed E-state index contributed by atoms with van der Waals surface area (Å²) in [5.41, 5.74) is 1.75. The molecule has 0 saturated heterocycles. The molecule has 1 heterocycles. The third-order valence-corrected chi connectivity index (χ3v) is 2.54. The van der Waals surface area contributed by atoms with Crippen molar-refractivity contribution in [2.45, 2.75) is 18.8 Å². The fourth-order valence-corrected chi connectivity index (χ4v) is 1.56. The van der Waals surface area contributed by atoms with E-state index in [1.165, 1.54) is 12.8 Å². The van der Waals surface area contributed by atoms with E-state index >= 15 is 0 Å². The standard InChI is InChI=1S/C11H11NO2/c1-13-8-4-5-10-9(6-8)12-11(14-10)7-2-3-7/h4-7H,2-3H2,1H3. The predicted molar refractivity (Wildman–Crippen MR) is 52.5 cm³/mol. The molecule has 1 fully saturated rings. The SMILES string of the molecule is COc1ccc2oc(C3CC3)nc2c1. The molecule has 1 aromatic heterocycles. The van der Waals surface area contributed by atoms with Gasteiger partial charge >= 0.3 is 0 Å². The molecule has 3 nitrogen and oxygen atoms in total. The first-order valence-electron chi connectivity index (χ1n) is 4.81. The summed E-state index contributed by atoms with van der Waals surface area (Å²) in [6.07, 6.45) is 2.42. The average Bonchev–Trinajstić information content (AvgIpc) is 2.97. The van der Waals surface area contributed by atoms with Crippen LogP contribution in [0.15, 0.2) is 22.6 Å². The van der Waals surface area contributed by atoms with E-state index in [0.717, 1.165) is 22.7 Å². The minimum atomic E-state index is 0.563. The van der Waals surface area contributed by atoms with Gasteiger partial charge < -0.3 is 9.15 Å². The molecule has 1 aliphatic rings. The van der Waals surface area contributed by atoms with Gasteiger partial charge in [0.05, 0.1) is 7.11 Å². The van der Waals surface area contributed by atoms with Gasteiger partial charge in [-0.25, -0.2) is 4.98 Å². The Hall–Kier alpha value is -1.51. The Bertz CT molecular complexity index is 471. The summed E-state index contributed by atoms with van der Waals surface area (Å²) in [6.45, 7) is 0. The molecule has 0 N–H and O–H groups in total. The molecule has 0 amide bonds. The topological polar surface area (TPSA) is 35.3 Å². The van der Waals surface area contributed by atoms with Crippen LogP contribution in [0, 0.1) is 0 Å². The Morgan fingerprint density at radius 3 is 3.00 bits per heavy atom. The fraction of sp³-hybridized carbons (Fsp3) is 0.364. The van der Waals surface area contributed by atoms with Crippen molar-refractivity contribution in [3.63, 3.8) is 0 Å². The Kier molecular flexibility index (Phi) is 1.54. The van der Waals surface area contributed by atoms with Gasteiger partial charge in [-0.2, -0.15) is 0 Å². The number of aromatic nitrogens is 1. The summed E-state index contributed by atoms with van der Waals surface area (Å²) in [5, 5.41) is 0. The largest absolute Gasteiger partial charge is 0.497 e. The first-order valence-corrected chi connectivity index (χ1v) is 4.81. The van der Waals surface area contributed by atoms with Crippen LogP contribution in [-0.2, 0) is 0 Å². The van der Waals surface area contributed by atoms with Crippen LogP contribution in [0.4, 0.5) is 0 Å². The Morgan fingerprint density at radius 2 is 2.29 bits per heavy atom. The van der Waals surface area contributed by atoms with E-state index in [0.29, 0.717) is 5.92 Å². The molecule has 0 aliphatic heterocycles. The molecule has 0 atom stereocenters. The molecule has 1 aromatic carbocycles. The number of oxazole rings is 1. The zero-order chi connectivity index (χ0) is 9.54. The van der Waals surface area contributed by atoms with Gasteiger partial charge in [-0.3, -0.25) is 0 Å². The van der Waals surface area contributed by atoms with E-state index < -0.39 is 0 Å². The van der Waals surface area contributed by atoms with Crippen molar-refractivity contribution >= 4 is 11.1 Å². The summed E-state index contributed by atoms with van der Waals surface area (Å²) in [7, 11) is 1.66. The molecule has 0 unspecified atom stereocenters. The van der Waals surface area contributed by atoms with E-state index in [9.17, 15) is 0 Å². The first kappa shape index (κ1) is 7.85. The maximum Gasteiger partial charge on any atom is 0.198 e. The van der Waals surface area contributed by atoms with Crippen molar-refractivity contribution in [1.29, 1.82) is 0 Å². The van der Waals surface area contributed by atoms with Crippen molar-refractivity contribution in [2.24, 2.45) is 0 Å². The Labute approximate surface area is 81.7 Å². The number of methoxy groups -OCH3 is 1.